The molecule has 0 aliphatic heterocycles. The Morgan fingerprint density at radius 3 is 1.91 bits per heavy atom. The summed E-state index contributed by atoms with van der Waals surface area (Å²) in [6.07, 6.45) is 3.86. The van der Waals surface area contributed by atoms with Gasteiger partial charge < -0.3 is 9.97 Å². The molecule has 0 saturated carbocycles. The number of hydrogen-bond acceptors (Lipinski definition) is 3. The smallest absolute Gasteiger partial charge is 0.0242 e. The van der Waals surface area contributed by atoms with Gasteiger partial charge in [-0.05, 0) is 112 Å². The van der Waals surface area contributed by atoms with Crippen LogP contribution in [0.5, 0.6) is 0 Å². The van der Waals surface area contributed by atoms with Crippen LogP contribution in [0.1, 0.15) is 104 Å². The summed E-state index contributed by atoms with van der Waals surface area (Å²) in [5.74, 6) is 0. The van der Waals surface area contributed by atoms with Crippen molar-refractivity contribution in [2.45, 2.75) is 97.8 Å². The van der Waals surface area contributed by atoms with Gasteiger partial charge in [-0.2, -0.15) is 11.3 Å². The van der Waals surface area contributed by atoms with Crippen LogP contribution in [0.3, 0.4) is 0 Å². The molecule has 2 nitrogen and oxygen atoms in total. The summed E-state index contributed by atoms with van der Waals surface area (Å²) in [5.41, 5.74) is 13.8. The second-order valence-corrected chi connectivity index (χ2v) is 20.1. The Hall–Kier alpha value is -4.47. The van der Waals surface area contributed by atoms with Gasteiger partial charge in [0.05, 0.1) is 0 Å². The average Bonchev–Trinajstić information content (AvgIpc) is 3.64. The maximum Gasteiger partial charge on any atom is 0.0242 e. The molecule has 0 fully saturated rings. The Morgan fingerprint density at radius 1 is 0.561 bits per heavy atom. The number of rotatable bonds is 2. The van der Waals surface area contributed by atoms with Crippen LogP contribution in [0.15, 0.2) is 116 Å². The number of fused-ring (bicyclic) bond motifs is 7. The van der Waals surface area contributed by atoms with Crippen molar-refractivity contribution in [2.24, 2.45) is 0 Å². The van der Waals surface area contributed by atoms with Gasteiger partial charge in [0, 0.05) is 42.6 Å². The monoisotopic (exact) mass is 941 g/mol. The Bertz CT molecular complexity index is 2730. The number of pyridine rings is 2. The minimum Gasteiger partial charge on any atom is -0.305 e. The second-order valence-electron chi connectivity index (χ2n) is 19.1. The van der Waals surface area contributed by atoms with Crippen molar-refractivity contribution in [1.82, 2.24) is 9.97 Å². The first kappa shape index (κ1) is 40.7. The molecule has 3 aromatic heterocycles. The average molecular weight is 941 g/mol. The van der Waals surface area contributed by atoms with Crippen molar-refractivity contribution in [2.75, 3.05) is 0 Å². The van der Waals surface area contributed by atoms with Crippen molar-refractivity contribution in [3.8, 4) is 33.6 Å². The van der Waals surface area contributed by atoms with Crippen LogP contribution in [-0.4, -0.2) is 9.97 Å². The first-order valence-electron chi connectivity index (χ1n) is 19.8. The number of benzene rings is 5. The summed E-state index contributed by atoms with van der Waals surface area (Å²) in [6, 6.07) is 44.5. The molecular formula is C53H52IrN2S-2. The number of nitrogens with zero attached hydrogens (tertiary/aromatic N) is 2. The van der Waals surface area contributed by atoms with Crippen LogP contribution in [0.2, 0.25) is 0 Å². The molecule has 3 heterocycles. The van der Waals surface area contributed by atoms with Crippen LogP contribution in [0, 0.1) is 12.1 Å². The Morgan fingerprint density at radius 2 is 1.21 bits per heavy atom. The van der Waals surface area contributed by atoms with Gasteiger partial charge in [-0.25, -0.2) is 0 Å². The van der Waals surface area contributed by atoms with E-state index in [2.05, 4.69) is 190 Å². The molecule has 1 radical (unpaired) electrons. The molecule has 291 valence electrons. The maximum absolute atomic E-state index is 4.96. The van der Waals surface area contributed by atoms with E-state index in [1.807, 2.05) is 29.8 Å². The first-order valence-corrected chi connectivity index (χ1v) is 20.6. The summed E-state index contributed by atoms with van der Waals surface area (Å²) in [7, 11) is 0. The largest absolute Gasteiger partial charge is 0.305 e. The molecule has 1 aliphatic carbocycles. The van der Waals surface area contributed by atoms with Crippen LogP contribution < -0.4 is 0 Å². The fourth-order valence-electron chi connectivity index (χ4n) is 8.09. The maximum atomic E-state index is 4.96. The summed E-state index contributed by atoms with van der Waals surface area (Å²) < 4.78 is 2.62. The Kier molecular flexibility index (Phi) is 10.5. The SMILES string of the molecule is CC(C)(C)c1cc[c-]c(-c2cc(C(C)(C)C)ccn2)c1.CC(C)(C)c1ccc2c(c1)sc1c[c-]c(-c3nccc4c3C(C)(C)c3cc5ccccc5cc3-4)cc12.[Ir]. The fourth-order valence-corrected chi connectivity index (χ4v) is 9.19. The molecule has 57 heavy (non-hydrogen) atoms. The van der Waals surface area contributed by atoms with Gasteiger partial charge in [0.15, 0.2) is 0 Å². The Balaban J connectivity index is 0.000000202. The molecule has 5 aromatic carbocycles. The van der Waals surface area contributed by atoms with E-state index >= 15 is 0 Å². The molecule has 0 amide bonds. The van der Waals surface area contributed by atoms with E-state index < -0.39 is 0 Å². The summed E-state index contributed by atoms with van der Waals surface area (Å²) in [4.78, 5) is 9.47. The van der Waals surface area contributed by atoms with E-state index in [1.54, 1.807) is 0 Å². The standard InChI is InChI=1S/C34H28NS.C19H24N.Ir/c1-33(2,3)23-11-12-24-27-17-22(10-13-29(27)36-30(24)19-23)32-31-25(14-15-35-32)26-16-20-8-6-7-9-21(20)18-28(26)34(31,4)5;1-18(2,3)15-9-7-8-14(12-15)17-13-16(10-11-20-17)19(4,5)6;/h6-9,11-19H,1-5H3;7,9-13H,1-6H3;/q2*-1;. The van der Waals surface area contributed by atoms with Gasteiger partial charge in [-0.1, -0.05) is 124 Å². The van der Waals surface area contributed by atoms with Crippen molar-refractivity contribution in [3.05, 3.63) is 155 Å². The molecule has 1 aliphatic rings. The fraction of sp³-hybridized carbons (Fsp3) is 0.283. The van der Waals surface area contributed by atoms with Gasteiger partial charge >= 0.3 is 0 Å². The predicted octanol–water partition coefficient (Wildman–Crippen LogP) is 14.8. The minimum absolute atomic E-state index is 0. The zero-order valence-electron chi connectivity index (χ0n) is 35.1. The molecule has 9 rings (SSSR count). The van der Waals surface area contributed by atoms with Crippen LogP contribution in [0.4, 0.5) is 0 Å². The third kappa shape index (κ3) is 7.65. The number of thiophene rings is 1. The molecule has 0 bridgehead atoms. The van der Waals surface area contributed by atoms with E-state index in [4.69, 9.17) is 4.98 Å². The van der Waals surface area contributed by atoms with E-state index in [9.17, 15) is 0 Å². The zero-order valence-corrected chi connectivity index (χ0v) is 38.3. The molecule has 0 N–H and O–H groups in total. The van der Waals surface area contributed by atoms with Gasteiger partial charge in [0.2, 0.25) is 0 Å². The quantitative estimate of drug-likeness (QED) is 0.161. The zero-order chi connectivity index (χ0) is 39.8. The van der Waals surface area contributed by atoms with E-state index in [0.717, 1.165) is 22.5 Å². The molecule has 0 spiro atoms. The molecule has 0 saturated heterocycles. The van der Waals surface area contributed by atoms with Gasteiger partial charge in [-0.3, -0.25) is 0 Å². The van der Waals surface area contributed by atoms with Crippen molar-refractivity contribution in [1.29, 1.82) is 0 Å². The Labute approximate surface area is 357 Å². The summed E-state index contributed by atoms with van der Waals surface area (Å²) in [5, 5.41) is 5.19. The minimum atomic E-state index is -0.139. The van der Waals surface area contributed by atoms with Gasteiger partial charge in [0.1, 0.15) is 0 Å². The number of hydrogen-bond donors (Lipinski definition) is 0. The number of aromatic nitrogens is 2. The second kappa shape index (κ2) is 14.7. The molecule has 4 heteroatoms. The van der Waals surface area contributed by atoms with E-state index in [1.165, 1.54) is 69.9 Å². The topological polar surface area (TPSA) is 25.8 Å². The van der Waals surface area contributed by atoms with Crippen molar-refractivity contribution in [3.63, 3.8) is 0 Å². The summed E-state index contributed by atoms with van der Waals surface area (Å²) >= 11 is 1.86. The van der Waals surface area contributed by atoms with E-state index in [0.29, 0.717) is 0 Å². The normalized spacial score (nSPS) is 13.5. The molecular weight excluding hydrogens is 889 g/mol. The molecule has 0 unspecified atom stereocenters. The first-order chi connectivity index (χ1) is 26.4. The van der Waals surface area contributed by atoms with Crippen molar-refractivity contribution >= 4 is 42.3 Å². The van der Waals surface area contributed by atoms with Crippen LogP contribution in [-0.2, 0) is 41.8 Å². The predicted molar refractivity (Wildman–Crippen MR) is 241 cm³/mol. The van der Waals surface area contributed by atoms with Gasteiger partial charge in [-0.15, -0.1) is 59.2 Å². The van der Waals surface area contributed by atoms with Gasteiger partial charge in [0.25, 0.3) is 0 Å². The van der Waals surface area contributed by atoms with Crippen LogP contribution >= 0.6 is 11.3 Å². The van der Waals surface area contributed by atoms with E-state index in [-0.39, 0.29) is 41.8 Å². The van der Waals surface area contributed by atoms with Crippen LogP contribution in [0.25, 0.3) is 64.6 Å². The van der Waals surface area contributed by atoms with Crippen molar-refractivity contribution < 1.29 is 20.1 Å². The summed E-state index contributed by atoms with van der Waals surface area (Å²) in [6.45, 7) is 24.9. The molecule has 0 atom stereocenters. The molecule has 8 aromatic rings. The third-order valence-electron chi connectivity index (χ3n) is 11.5. The third-order valence-corrected chi connectivity index (χ3v) is 12.6.